The third-order valence-electron chi connectivity index (χ3n) is 1.48. The second-order valence-corrected chi connectivity index (χ2v) is 2.95. The van der Waals surface area contributed by atoms with Crippen molar-refractivity contribution in [2.45, 2.75) is 13.8 Å². The molecule has 0 unspecified atom stereocenters. The van der Waals surface area contributed by atoms with Crippen LogP contribution in [0.15, 0.2) is 42.0 Å². The first-order chi connectivity index (χ1) is 5.70. The first-order valence-electron chi connectivity index (χ1n) is 3.94. The molecule has 62 valence electrons. The lowest BCUT2D eigenvalue weighted by Gasteiger charge is -1.94. The average Bonchev–Trinajstić information content (AvgIpc) is 2.05. The summed E-state index contributed by atoms with van der Waals surface area (Å²) in [6.07, 6.45) is 1.65. The molecule has 0 aliphatic rings. The van der Waals surface area contributed by atoms with Crippen molar-refractivity contribution in [3.63, 3.8) is 0 Å². The Labute approximate surface area is 72.7 Å². The highest BCUT2D eigenvalue weighted by atomic mass is 16.1. The van der Waals surface area contributed by atoms with Gasteiger partial charge in [-0.3, -0.25) is 4.79 Å². The van der Waals surface area contributed by atoms with Crippen molar-refractivity contribution in [2.24, 2.45) is 0 Å². The molecule has 0 aromatic heterocycles. The zero-order valence-corrected chi connectivity index (χ0v) is 7.37. The Morgan fingerprint density at radius 2 is 1.75 bits per heavy atom. The first-order valence-corrected chi connectivity index (χ1v) is 3.94. The van der Waals surface area contributed by atoms with E-state index < -0.39 is 0 Å². The summed E-state index contributed by atoms with van der Waals surface area (Å²) in [7, 11) is 0. The average molecular weight is 160 g/mol. The van der Waals surface area contributed by atoms with Crippen molar-refractivity contribution >= 4 is 5.78 Å². The Hall–Kier alpha value is -1.37. The third-order valence-corrected chi connectivity index (χ3v) is 1.48. The summed E-state index contributed by atoms with van der Waals surface area (Å²) < 4.78 is 0. The lowest BCUT2D eigenvalue weighted by atomic mass is 10.1. The number of benzene rings is 1. The van der Waals surface area contributed by atoms with E-state index in [9.17, 15) is 4.79 Å². The summed E-state index contributed by atoms with van der Waals surface area (Å²) in [5.74, 6) is 0.0793. The van der Waals surface area contributed by atoms with E-state index in [1.54, 1.807) is 6.08 Å². The summed E-state index contributed by atoms with van der Waals surface area (Å²) >= 11 is 0. The van der Waals surface area contributed by atoms with Gasteiger partial charge >= 0.3 is 0 Å². The summed E-state index contributed by atoms with van der Waals surface area (Å²) in [5.41, 5.74) is 1.78. The number of carbonyl (C=O) groups is 1. The van der Waals surface area contributed by atoms with E-state index in [2.05, 4.69) is 0 Å². The molecule has 0 aliphatic carbocycles. The smallest absolute Gasteiger partial charge is 0.185 e. The summed E-state index contributed by atoms with van der Waals surface area (Å²) in [4.78, 5) is 11.4. The molecular weight excluding hydrogens is 148 g/mol. The van der Waals surface area contributed by atoms with Crippen LogP contribution in [0.3, 0.4) is 0 Å². The van der Waals surface area contributed by atoms with E-state index in [4.69, 9.17) is 0 Å². The summed E-state index contributed by atoms with van der Waals surface area (Å²) in [5, 5.41) is 0. The van der Waals surface area contributed by atoms with Crippen molar-refractivity contribution in [1.29, 1.82) is 0 Å². The number of allylic oxidation sites excluding steroid dienone is 2. The molecule has 1 nitrogen and oxygen atoms in total. The monoisotopic (exact) mass is 160 g/mol. The van der Waals surface area contributed by atoms with Gasteiger partial charge in [0.05, 0.1) is 0 Å². The van der Waals surface area contributed by atoms with Crippen molar-refractivity contribution in [2.75, 3.05) is 0 Å². The van der Waals surface area contributed by atoms with Crippen LogP contribution < -0.4 is 0 Å². The molecule has 0 amide bonds. The molecule has 0 bridgehead atoms. The molecule has 0 saturated carbocycles. The Bertz CT molecular complexity index is 292. The highest BCUT2D eigenvalue weighted by molar-refractivity contribution is 6.04. The molecule has 0 fully saturated rings. The minimum absolute atomic E-state index is 0.0793. The van der Waals surface area contributed by atoms with Crippen LogP contribution >= 0.6 is 0 Å². The molecule has 0 heterocycles. The van der Waals surface area contributed by atoms with Crippen LogP contribution in [0.4, 0.5) is 0 Å². The van der Waals surface area contributed by atoms with Crippen LogP contribution in [0, 0.1) is 0 Å². The largest absolute Gasteiger partial charge is 0.289 e. The molecule has 0 N–H and O–H groups in total. The normalized spacial score (nSPS) is 9.17. The first kappa shape index (κ1) is 8.72. The molecule has 0 aliphatic heterocycles. The van der Waals surface area contributed by atoms with Gasteiger partial charge in [-0.05, 0) is 19.9 Å². The fourth-order valence-corrected chi connectivity index (χ4v) is 0.948. The SMILES string of the molecule is CC(C)=CC(=O)c1ccccc1. The van der Waals surface area contributed by atoms with Gasteiger partial charge in [0.15, 0.2) is 5.78 Å². The minimum atomic E-state index is 0.0793. The quantitative estimate of drug-likeness (QED) is 0.480. The van der Waals surface area contributed by atoms with Crippen LogP contribution in [-0.4, -0.2) is 5.78 Å². The summed E-state index contributed by atoms with van der Waals surface area (Å²) in [6, 6.07) is 9.28. The van der Waals surface area contributed by atoms with Gasteiger partial charge in [0, 0.05) is 5.56 Å². The van der Waals surface area contributed by atoms with Crippen molar-refractivity contribution in [3.8, 4) is 0 Å². The number of hydrogen-bond acceptors (Lipinski definition) is 1. The number of rotatable bonds is 2. The van der Waals surface area contributed by atoms with Crippen LogP contribution in [0.1, 0.15) is 24.2 Å². The molecule has 1 aromatic carbocycles. The predicted molar refractivity (Wildman–Crippen MR) is 50.2 cm³/mol. The standard InChI is InChI=1S/C11H12O/c1-9(2)8-11(12)10-6-4-3-5-7-10/h3-8H,1-2H3. The lowest BCUT2D eigenvalue weighted by Crippen LogP contribution is -1.93. The maximum Gasteiger partial charge on any atom is 0.185 e. The maximum absolute atomic E-state index is 11.4. The van der Waals surface area contributed by atoms with E-state index in [0.29, 0.717) is 0 Å². The van der Waals surface area contributed by atoms with Crippen molar-refractivity contribution in [3.05, 3.63) is 47.5 Å². The van der Waals surface area contributed by atoms with E-state index >= 15 is 0 Å². The Balaban J connectivity index is 2.87. The topological polar surface area (TPSA) is 17.1 Å². The van der Waals surface area contributed by atoms with Crippen LogP contribution in [0.25, 0.3) is 0 Å². The highest BCUT2D eigenvalue weighted by Gasteiger charge is 1.98. The van der Waals surface area contributed by atoms with Crippen LogP contribution in [-0.2, 0) is 0 Å². The van der Waals surface area contributed by atoms with Gasteiger partial charge < -0.3 is 0 Å². The molecule has 1 rings (SSSR count). The molecule has 12 heavy (non-hydrogen) atoms. The molecule has 0 atom stereocenters. The number of ketones is 1. The van der Waals surface area contributed by atoms with E-state index in [1.165, 1.54) is 0 Å². The fourth-order valence-electron chi connectivity index (χ4n) is 0.948. The van der Waals surface area contributed by atoms with E-state index in [1.807, 2.05) is 44.2 Å². The van der Waals surface area contributed by atoms with Crippen molar-refractivity contribution in [1.82, 2.24) is 0 Å². The minimum Gasteiger partial charge on any atom is -0.289 e. The molecular formula is C11H12O. The van der Waals surface area contributed by atoms with Gasteiger partial charge in [0.25, 0.3) is 0 Å². The zero-order chi connectivity index (χ0) is 8.97. The van der Waals surface area contributed by atoms with Gasteiger partial charge in [-0.15, -0.1) is 0 Å². The molecule has 1 aromatic rings. The molecule has 0 radical (unpaired) electrons. The second-order valence-electron chi connectivity index (χ2n) is 2.95. The Morgan fingerprint density at radius 3 is 2.25 bits per heavy atom. The molecule has 0 saturated heterocycles. The van der Waals surface area contributed by atoms with E-state index in [0.717, 1.165) is 11.1 Å². The van der Waals surface area contributed by atoms with Crippen molar-refractivity contribution < 1.29 is 4.79 Å². The van der Waals surface area contributed by atoms with Crippen LogP contribution in [0.2, 0.25) is 0 Å². The number of hydrogen-bond donors (Lipinski definition) is 0. The Morgan fingerprint density at radius 1 is 1.17 bits per heavy atom. The van der Waals surface area contributed by atoms with E-state index in [-0.39, 0.29) is 5.78 Å². The predicted octanol–water partition coefficient (Wildman–Crippen LogP) is 2.84. The lowest BCUT2D eigenvalue weighted by molar-refractivity contribution is 0.104. The maximum atomic E-state index is 11.4. The molecule has 1 heteroatoms. The van der Waals surface area contributed by atoms with Gasteiger partial charge in [-0.1, -0.05) is 35.9 Å². The number of carbonyl (C=O) groups excluding carboxylic acids is 1. The van der Waals surface area contributed by atoms with Gasteiger partial charge in [-0.25, -0.2) is 0 Å². The highest BCUT2D eigenvalue weighted by Crippen LogP contribution is 2.02. The van der Waals surface area contributed by atoms with Gasteiger partial charge in [0.2, 0.25) is 0 Å². The molecule has 0 spiro atoms. The third kappa shape index (κ3) is 2.35. The summed E-state index contributed by atoms with van der Waals surface area (Å²) in [6.45, 7) is 3.84. The fraction of sp³-hybridized carbons (Fsp3) is 0.182. The van der Waals surface area contributed by atoms with Gasteiger partial charge in [-0.2, -0.15) is 0 Å². The van der Waals surface area contributed by atoms with Gasteiger partial charge in [0.1, 0.15) is 0 Å². The second kappa shape index (κ2) is 3.86. The van der Waals surface area contributed by atoms with Crippen LogP contribution in [0.5, 0.6) is 0 Å². The zero-order valence-electron chi connectivity index (χ0n) is 7.37. The Kier molecular flexibility index (Phi) is 2.81.